The van der Waals surface area contributed by atoms with Crippen LogP contribution in [0.4, 0.5) is 4.39 Å². The predicted octanol–water partition coefficient (Wildman–Crippen LogP) is 3.23. The van der Waals surface area contributed by atoms with Gasteiger partial charge in [0.2, 0.25) is 11.8 Å². The van der Waals surface area contributed by atoms with Crippen LogP contribution in [-0.4, -0.2) is 29.3 Å². The number of amides is 2. The second-order valence-corrected chi connectivity index (χ2v) is 6.35. The van der Waals surface area contributed by atoms with E-state index in [2.05, 4.69) is 5.32 Å². The molecule has 0 radical (unpaired) electrons. The second kappa shape index (κ2) is 9.13. The van der Waals surface area contributed by atoms with E-state index in [1.165, 1.54) is 11.0 Å². The van der Waals surface area contributed by atoms with Crippen molar-refractivity contribution in [3.63, 3.8) is 0 Å². The number of hydrogen-bond acceptors (Lipinski definition) is 2. The van der Waals surface area contributed by atoms with Crippen LogP contribution >= 0.6 is 0 Å². The number of carbonyl (C=O) groups is 2. The zero-order valence-corrected chi connectivity index (χ0v) is 15.5. The first-order valence-corrected chi connectivity index (χ1v) is 8.78. The third kappa shape index (κ3) is 5.15. The Kier molecular flexibility index (Phi) is 6.89. The normalized spacial score (nSPS) is 11.7. The number of hydrogen-bond donors (Lipinski definition) is 1. The molecule has 0 fully saturated rings. The van der Waals surface area contributed by atoms with Crippen LogP contribution in [0.1, 0.15) is 30.5 Å². The quantitative estimate of drug-likeness (QED) is 0.828. The number of nitrogens with zero attached hydrogens (tertiary/aromatic N) is 1. The number of carbonyl (C=O) groups excluding carboxylic acids is 2. The number of aryl methyl sites for hydroxylation is 1. The van der Waals surface area contributed by atoms with E-state index in [1.807, 2.05) is 38.1 Å². The molecule has 4 nitrogen and oxygen atoms in total. The molecule has 1 N–H and O–H groups in total. The summed E-state index contributed by atoms with van der Waals surface area (Å²) in [4.78, 5) is 26.6. The van der Waals surface area contributed by atoms with Crippen molar-refractivity contribution in [1.82, 2.24) is 10.2 Å². The summed E-state index contributed by atoms with van der Waals surface area (Å²) < 4.78 is 13.9. The van der Waals surface area contributed by atoms with E-state index < -0.39 is 11.9 Å². The van der Waals surface area contributed by atoms with Gasteiger partial charge in [-0.2, -0.15) is 0 Å². The predicted molar refractivity (Wildman–Crippen MR) is 100.0 cm³/mol. The van der Waals surface area contributed by atoms with Gasteiger partial charge in [0.1, 0.15) is 11.9 Å². The van der Waals surface area contributed by atoms with E-state index in [1.54, 1.807) is 25.1 Å². The fourth-order valence-electron chi connectivity index (χ4n) is 2.70. The van der Waals surface area contributed by atoms with Crippen LogP contribution in [0.15, 0.2) is 48.5 Å². The number of rotatable bonds is 7. The molecule has 2 amide bonds. The molecule has 0 aliphatic rings. The van der Waals surface area contributed by atoms with Crippen LogP contribution in [0.3, 0.4) is 0 Å². The first-order chi connectivity index (χ1) is 12.4. The van der Waals surface area contributed by atoms with Crippen molar-refractivity contribution < 1.29 is 14.0 Å². The summed E-state index contributed by atoms with van der Waals surface area (Å²) in [5, 5.41) is 2.74. The first kappa shape index (κ1) is 19.6. The van der Waals surface area contributed by atoms with Gasteiger partial charge in [0, 0.05) is 13.1 Å². The van der Waals surface area contributed by atoms with Gasteiger partial charge in [-0.25, -0.2) is 4.39 Å². The van der Waals surface area contributed by atoms with E-state index in [4.69, 9.17) is 0 Å². The van der Waals surface area contributed by atoms with E-state index in [-0.39, 0.29) is 18.2 Å². The van der Waals surface area contributed by atoms with Gasteiger partial charge in [-0.3, -0.25) is 9.59 Å². The Bertz CT molecular complexity index is 759. The van der Waals surface area contributed by atoms with Crippen molar-refractivity contribution in [1.29, 1.82) is 0 Å². The molecular weight excluding hydrogens is 331 g/mol. The van der Waals surface area contributed by atoms with Gasteiger partial charge in [-0.15, -0.1) is 0 Å². The molecule has 0 aliphatic heterocycles. The lowest BCUT2D eigenvalue weighted by Crippen LogP contribution is -2.48. The third-order valence-corrected chi connectivity index (χ3v) is 4.29. The number of halogens is 1. The summed E-state index contributed by atoms with van der Waals surface area (Å²) in [6.45, 7) is 6.30. The van der Waals surface area contributed by atoms with E-state index in [9.17, 15) is 14.0 Å². The Hall–Kier alpha value is -2.69. The molecule has 2 aromatic rings. The molecule has 0 bridgehead atoms. The van der Waals surface area contributed by atoms with Crippen molar-refractivity contribution in [2.24, 2.45) is 0 Å². The molecule has 0 saturated carbocycles. The van der Waals surface area contributed by atoms with Crippen LogP contribution in [0.25, 0.3) is 0 Å². The third-order valence-electron chi connectivity index (χ3n) is 4.29. The summed E-state index contributed by atoms with van der Waals surface area (Å²) in [6.07, 6.45) is -0.0811. The minimum Gasteiger partial charge on any atom is -0.355 e. The maximum atomic E-state index is 13.9. The highest BCUT2D eigenvalue weighted by Crippen LogP contribution is 2.14. The Morgan fingerprint density at radius 3 is 2.38 bits per heavy atom. The Morgan fingerprint density at radius 1 is 1.12 bits per heavy atom. The van der Waals surface area contributed by atoms with E-state index in [0.717, 1.165) is 11.1 Å². The molecule has 0 aliphatic carbocycles. The van der Waals surface area contributed by atoms with Crippen molar-refractivity contribution >= 4 is 11.8 Å². The monoisotopic (exact) mass is 356 g/mol. The molecular formula is C21H25FN2O2. The highest BCUT2D eigenvalue weighted by molar-refractivity contribution is 5.88. The topological polar surface area (TPSA) is 49.4 Å². The van der Waals surface area contributed by atoms with Crippen LogP contribution < -0.4 is 5.32 Å². The van der Waals surface area contributed by atoms with E-state index in [0.29, 0.717) is 18.7 Å². The fourth-order valence-corrected chi connectivity index (χ4v) is 2.70. The van der Waals surface area contributed by atoms with Gasteiger partial charge in [0.15, 0.2) is 0 Å². The molecule has 138 valence electrons. The Balaban J connectivity index is 2.23. The van der Waals surface area contributed by atoms with Gasteiger partial charge in [0.25, 0.3) is 0 Å². The smallest absolute Gasteiger partial charge is 0.242 e. The van der Waals surface area contributed by atoms with E-state index >= 15 is 0 Å². The molecule has 2 aromatic carbocycles. The maximum absolute atomic E-state index is 13.9. The zero-order chi connectivity index (χ0) is 19.1. The summed E-state index contributed by atoms with van der Waals surface area (Å²) in [5.74, 6) is -0.919. The van der Waals surface area contributed by atoms with Crippen LogP contribution in [0, 0.1) is 12.7 Å². The lowest BCUT2D eigenvalue weighted by atomic mass is 10.1. The lowest BCUT2D eigenvalue weighted by molar-refractivity contribution is -0.140. The summed E-state index contributed by atoms with van der Waals surface area (Å²) in [6, 6.07) is 13.4. The standard InChI is InChI=1S/C21H25FN2O2/c1-4-23-21(26)16(3)24(14-17-11-9-15(2)10-12-17)20(25)13-18-7-5-6-8-19(18)22/h5-12,16H,4,13-14H2,1-3H3,(H,23,26). The molecule has 5 heteroatoms. The maximum Gasteiger partial charge on any atom is 0.242 e. The van der Waals surface area contributed by atoms with Crippen LogP contribution in [0.5, 0.6) is 0 Å². The van der Waals surface area contributed by atoms with Crippen LogP contribution in [-0.2, 0) is 22.6 Å². The number of benzene rings is 2. The SMILES string of the molecule is CCNC(=O)C(C)N(Cc1ccc(C)cc1)C(=O)Cc1ccccc1F. The average molecular weight is 356 g/mol. The summed E-state index contributed by atoms with van der Waals surface area (Å²) >= 11 is 0. The van der Waals surface area contributed by atoms with Gasteiger partial charge in [-0.1, -0.05) is 48.0 Å². The summed E-state index contributed by atoms with van der Waals surface area (Å²) in [7, 11) is 0. The second-order valence-electron chi connectivity index (χ2n) is 6.35. The minimum atomic E-state index is -0.643. The highest BCUT2D eigenvalue weighted by Gasteiger charge is 2.26. The lowest BCUT2D eigenvalue weighted by Gasteiger charge is -2.29. The average Bonchev–Trinajstić information content (AvgIpc) is 2.62. The van der Waals surface area contributed by atoms with Gasteiger partial charge in [-0.05, 0) is 38.0 Å². The molecule has 1 unspecified atom stereocenters. The highest BCUT2D eigenvalue weighted by atomic mass is 19.1. The van der Waals surface area contributed by atoms with Crippen molar-refractivity contribution in [2.75, 3.05) is 6.54 Å². The molecule has 0 spiro atoms. The molecule has 0 saturated heterocycles. The van der Waals surface area contributed by atoms with Gasteiger partial charge < -0.3 is 10.2 Å². The molecule has 1 atom stereocenters. The molecule has 0 aromatic heterocycles. The number of nitrogens with one attached hydrogen (secondary N) is 1. The summed E-state index contributed by atoms with van der Waals surface area (Å²) in [5.41, 5.74) is 2.37. The Morgan fingerprint density at radius 2 is 1.77 bits per heavy atom. The van der Waals surface area contributed by atoms with Gasteiger partial charge in [0.05, 0.1) is 6.42 Å². The Labute approximate surface area is 154 Å². The fraction of sp³-hybridized carbons (Fsp3) is 0.333. The zero-order valence-electron chi connectivity index (χ0n) is 15.5. The molecule has 0 heterocycles. The molecule has 26 heavy (non-hydrogen) atoms. The van der Waals surface area contributed by atoms with Crippen molar-refractivity contribution in [3.8, 4) is 0 Å². The first-order valence-electron chi connectivity index (χ1n) is 8.78. The van der Waals surface area contributed by atoms with Crippen molar-refractivity contribution in [3.05, 3.63) is 71.0 Å². The van der Waals surface area contributed by atoms with Crippen molar-refractivity contribution in [2.45, 2.75) is 39.8 Å². The van der Waals surface area contributed by atoms with Crippen LogP contribution in [0.2, 0.25) is 0 Å². The molecule has 2 rings (SSSR count). The van der Waals surface area contributed by atoms with Gasteiger partial charge >= 0.3 is 0 Å². The largest absolute Gasteiger partial charge is 0.355 e. The number of likely N-dealkylation sites (N-methyl/N-ethyl adjacent to an activating group) is 1. The minimum absolute atomic E-state index is 0.0811.